The lowest BCUT2D eigenvalue weighted by Gasteiger charge is -2.31. The molecule has 1 unspecified atom stereocenters. The average Bonchev–Trinajstić information content (AvgIpc) is 2.95. The van der Waals surface area contributed by atoms with Crippen LogP contribution < -0.4 is 20.1 Å². The Morgan fingerprint density at radius 2 is 1.51 bits per heavy atom. The maximum absolute atomic E-state index is 13.0. The minimum Gasteiger partial charge on any atom is -0.488 e. The van der Waals surface area contributed by atoms with Crippen molar-refractivity contribution in [1.29, 1.82) is 0 Å². The molecule has 1 heterocycles. The quantitative estimate of drug-likeness (QED) is 0.297. The van der Waals surface area contributed by atoms with Crippen LogP contribution in [0.3, 0.4) is 0 Å². The lowest BCUT2D eigenvalue weighted by Crippen LogP contribution is -2.47. The molecule has 1 aliphatic heterocycles. The van der Waals surface area contributed by atoms with Crippen molar-refractivity contribution in [2.45, 2.75) is 45.9 Å². The number of esters is 1. The SMILES string of the molecule is CCOC(=O)C1=C(CO)NC(=O)NC1c1cc(C(C)C)c(OCc2ccccc2)cc1OCc1ccccc1. The van der Waals surface area contributed by atoms with Crippen LogP contribution in [0.5, 0.6) is 11.5 Å². The van der Waals surface area contributed by atoms with Crippen LogP contribution >= 0.6 is 0 Å². The fourth-order valence-electron chi connectivity index (χ4n) is 4.42. The van der Waals surface area contributed by atoms with Crippen molar-refractivity contribution in [2.24, 2.45) is 0 Å². The standard InChI is InChI=1S/C31H34N2O6/c1-4-37-30(35)28-25(17-34)32-31(36)33-29(28)24-15-23(20(2)3)26(38-18-21-11-7-5-8-12-21)16-27(24)39-19-22-13-9-6-10-14-22/h5-16,20,29,34H,4,17-19H2,1-3H3,(H2,32,33,36). The van der Waals surface area contributed by atoms with Crippen molar-refractivity contribution in [3.63, 3.8) is 0 Å². The molecule has 204 valence electrons. The van der Waals surface area contributed by atoms with Gasteiger partial charge in [0, 0.05) is 11.6 Å². The van der Waals surface area contributed by atoms with Crippen LogP contribution in [0.15, 0.2) is 84.1 Å². The van der Waals surface area contributed by atoms with E-state index in [-0.39, 0.29) is 30.4 Å². The first-order valence-corrected chi connectivity index (χ1v) is 13.0. The van der Waals surface area contributed by atoms with Crippen LogP contribution in [-0.4, -0.2) is 30.3 Å². The molecule has 0 spiro atoms. The molecule has 0 aromatic heterocycles. The zero-order valence-corrected chi connectivity index (χ0v) is 22.4. The molecule has 8 nitrogen and oxygen atoms in total. The third-order valence-electron chi connectivity index (χ3n) is 6.36. The molecular formula is C31H34N2O6. The maximum atomic E-state index is 13.0. The van der Waals surface area contributed by atoms with E-state index in [1.807, 2.05) is 86.6 Å². The van der Waals surface area contributed by atoms with Crippen LogP contribution in [0.25, 0.3) is 0 Å². The van der Waals surface area contributed by atoms with Gasteiger partial charge in [-0.2, -0.15) is 0 Å². The number of benzene rings is 3. The number of aliphatic hydroxyl groups excluding tert-OH is 1. The smallest absolute Gasteiger partial charge is 0.338 e. The molecule has 2 amide bonds. The molecule has 0 aliphatic carbocycles. The van der Waals surface area contributed by atoms with E-state index in [1.165, 1.54) is 0 Å². The summed E-state index contributed by atoms with van der Waals surface area (Å²) in [7, 11) is 0. The van der Waals surface area contributed by atoms with Crippen LogP contribution in [0.2, 0.25) is 0 Å². The summed E-state index contributed by atoms with van der Waals surface area (Å²) in [5, 5.41) is 15.3. The van der Waals surface area contributed by atoms with Gasteiger partial charge in [0.1, 0.15) is 24.7 Å². The van der Waals surface area contributed by atoms with E-state index in [0.717, 1.165) is 16.7 Å². The summed E-state index contributed by atoms with van der Waals surface area (Å²) in [4.78, 5) is 25.6. The van der Waals surface area contributed by atoms with Crippen LogP contribution in [0, 0.1) is 0 Å². The first kappa shape index (κ1) is 27.7. The van der Waals surface area contributed by atoms with Gasteiger partial charge in [0.25, 0.3) is 0 Å². The Morgan fingerprint density at radius 1 is 0.923 bits per heavy atom. The molecule has 0 saturated carbocycles. The monoisotopic (exact) mass is 530 g/mol. The molecule has 0 saturated heterocycles. The molecule has 3 aromatic rings. The fraction of sp³-hybridized carbons (Fsp3) is 0.290. The Morgan fingerprint density at radius 3 is 2.05 bits per heavy atom. The third kappa shape index (κ3) is 6.78. The number of hydrogen-bond acceptors (Lipinski definition) is 6. The van der Waals surface area contributed by atoms with Crippen molar-refractivity contribution in [3.8, 4) is 11.5 Å². The van der Waals surface area contributed by atoms with Gasteiger partial charge in [-0.25, -0.2) is 9.59 Å². The molecule has 8 heteroatoms. The molecular weight excluding hydrogens is 496 g/mol. The van der Waals surface area contributed by atoms with Crippen molar-refractivity contribution in [3.05, 3.63) is 106 Å². The molecule has 0 bridgehead atoms. The van der Waals surface area contributed by atoms with Gasteiger partial charge >= 0.3 is 12.0 Å². The van der Waals surface area contributed by atoms with Gasteiger partial charge in [0.15, 0.2) is 0 Å². The van der Waals surface area contributed by atoms with E-state index in [2.05, 4.69) is 10.6 Å². The van der Waals surface area contributed by atoms with Gasteiger partial charge in [-0.05, 0) is 35.6 Å². The molecule has 39 heavy (non-hydrogen) atoms. The molecule has 4 rings (SSSR count). The zero-order valence-electron chi connectivity index (χ0n) is 22.4. The summed E-state index contributed by atoms with van der Waals surface area (Å²) >= 11 is 0. The lowest BCUT2D eigenvalue weighted by molar-refractivity contribution is -0.139. The van der Waals surface area contributed by atoms with E-state index in [9.17, 15) is 14.7 Å². The Hall–Kier alpha value is -4.30. The number of aliphatic hydroxyl groups is 1. The van der Waals surface area contributed by atoms with Crippen LogP contribution in [0.1, 0.15) is 55.0 Å². The summed E-state index contributed by atoms with van der Waals surface area (Å²) in [5.74, 6) is 0.508. The molecule has 3 aromatic carbocycles. The van der Waals surface area contributed by atoms with Crippen molar-refractivity contribution < 1.29 is 28.9 Å². The normalized spacial score (nSPS) is 15.0. The van der Waals surface area contributed by atoms with Gasteiger partial charge in [-0.15, -0.1) is 0 Å². The summed E-state index contributed by atoms with van der Waals surface area (Å²) in [6, 6.07) is 21.8. The summed E-state index contributed by atoms with van der Waals surface area (Å²) in [6.07, 6.45) is 0. The third-order valence-corrected chi connectivity index (χ3v) is 6.36. The lowest BCUT2D eigenvalue weighted by atomic mass is 9.90. The van der Waals surface area contributed by atoms with E-state index in [0.29, 0.717) is 23.7 Å². The zero-order chi connectivity index (χ0) is 27.8. The molecule has 0 radical (unpaired) electrons. The highest BCUT2D eigenvalue weighted by Crippen LogP contribution is 2.41. The molecule has 1 aliphatic rings. The predicted octanol–water partition coefficient (Wildman–Crippen LogP) is 5.13. The second-order valence-corrected chi connectivity index (χ2v) is 9.43. The number of carbonyl (C=O) groups is 2. The Kier molecular flexibility index (Phi) is 9.22. The molecule has 0 fully saturated rings. The highest BCUT2D eigenvalue weighted by atomic mass is 16.5. The fourth-order valence-corrected chi connectivity index (χ4v) is 4.42. The van der Waals surface area contributed by atoms with E-state index >= 15 is 0 Å². The van der Waals surface area contributed by atoms with Crippen LogP contribution in [0.4, 0.5) is 4.79 Å². The highest BCUT2D eigenvalue weighted by molar-refractivity contribution is 5.95. The van der Waals surface area contributed by atoms with Crippen LogP contribution in [-0.2, 0) is 22.7 Å². The number of nitrogens with one attached hydrogen (secondary N) is 2. The first-order valence-electron chi connectivity index (χ1n) is 13.0. The van der Waals surface area contributed by atoms with Gasteiger partial charge < -0.3 is 30.0 Å². The van der Waals surface area contributed by atoms with Crippen molar-refractivity contribution in [1.82, 2.24) is 10.6 Å². The Bertz CT molecular complexity index is 1320. The minimum absolute atomic E-state index is 0.0578. The summed E-state index contributed by atoms with van der Waals surface area (Å²) < 4.78 is 17.9. The van der Waals surface area contributed by atoms with Crippen molar-refractivity contribution >= 4 is 12.0 Å². The van der Waals surface area contributed by atoms with E-state index < -0.39 is 24.6 Å². The number of rotatable bonds is 11. The summed E-state index contributed by atoms with van der Waals surface area (Å²) in [5.41, 5.74) is 3.63. The minimum atomic E-state index is -0.911. The molecule has 1 atom stereocenters. The predicted molar refractivity (Wildman–Crippen MR) is 147 cm³/mol. The number of urea groups is 1. The van der Waals surface area contributed by atoms with Gasteiger partial charge in [-0.3, -0.25) is 0 Å². The van der Waals surface area contributed by atoms with Crippen molar-refractivity contribution in [2.75, 3.05) is 13.2 Å². The Balaban J connectivity index is 1.81. The number of ether oxygens (including phenoxy) is 3. The maximum Gasteiger partial charge on any atom is 0.338 e. The number of hydrogen-bond donors (Lipinski definition) is 3. The van der Waals surface area contributed by atoms with E-state index in [4.69, 9.17) is 14.2 Å². The largest absolute Gasteiger partial charge is 0.488 e. The molecule has 3 N–H and O–H groups in total. The first-order chi connectivity index (χ1) is 18.9. The van der Waals surface area contributed by atoms with Gasteiger partial charge in [-0.1, -0.05) is 74.5 Å². The highest BCUT2D eigenvalue weighted by Gasteiger charge is 2.36. The number of amides is 2. The number of carbonyl (C=O) groups excluding carboxylic acids is 2. The average molecular weight is 531 g/mol. The van der Waals surface area contributed by atoms with Gasteiger partial charge in [0.05, 0.1) is 30.5 Å². The second kappa shape index (κ2) is 13.0. The second-order valence-electron chi connectivity index (χ2n) is 9.43. The topological polar surface area (TPSA) is 106 Å². The Labute approximate surface area is 228 Å². The van der Waals surface area contributed by atoms with Gasteiger partial charge in [0.2, 0.25) is 0 Å². The van der Waals surface area contributed by atoms with E-state index in [1.54, 1.807) is 6.92 Å². The summed E-state index contributed by atoms with van der Waals surface area (Å²) in [6.45, 7) is 6.02.